The van der Waals surface area contributed by atoms with E-state index in [1.165, 1.54) is 0 Å². The maximum Gasteiger partial charge on any atom is 0.164 e. The van der Waals surface area contributed by atoms with Crippen molar-refractivity contribution < 1.29 is 8.83 Å². The molecule has 52 heavy (non-hydrogen) atoms. The number of hydrogen-bond donors (Lipinski definition) is 0. The van der Waals surface area contributed by atoms with Crippen LogP contribution in [-0.2, 0) is 0 Å². The molecule has 0 spiro atoms. The highest BCUT2D eigenvalue weighted by molar-refractivity contribution is 6.16. The number of hydrogen-bond acceptors (Lipinski definition) is 5. The van der Waals surface area contributed by atoms with Gasteiger partial charge in [-0.25, -0.2) is 15.0 Å². The first-order valence-corrected chi connectivity index (χ1v) is 17.3. The SMILES string of the molecule is c1ccc(-c2nc(-c3ccc4cc5c(cc4c3)oc3ccccc35)nc(-c3cccc4c(-c5cccc6oc7ccccc7c56)cccc34)n2)cc1. The summed E-state index contributed by atoms with van der Waals surface area (Å²) in [6.45, 7) is 0. The molecule has 0 N–H and O–H groups in total. The van der Waals surface area contributed by atoms with Crippen LogP contribution in [0.4, 0.5) is 0 Å². The van der Waals surface area contributed by atoms with Crippen molar-refractivity contribution >= 4 is 65.4 Å². The van der Waals surface area contributed by atoms with Crippen LogP contribution in [0.15, 0.2) is 173 Å². The Hall–Kier alpha value is -7.11. The van der Waals surface area contributed by atoms with Gasteiger partial charge in [0.25, 0.3) is 0 Å². The molecular weight excluding hydrogens is 639 g/mol. The van der Waals surface area contributed by atoms with Crippen LogP contribution in [0, 0.1) is 0 Å². The zero-order chi connectivity index (χ0) is 34.2. The molecule has 11 aromatic rings. The second kappa shape index (κ2) is 11.2. The van der Waals surface area contributed by atoms with Gasteiger partial charge < -0.3 is 8.83 Å². The molecule has 8 aromatic carbocycles. The van der Waals surface area contributed by atoms with Crippen LogP contribution in [0.3, 0.4) is 0 Å². The molecule has 0 saturated carbocycles. The highest BCUT2D eigenvalue weighted by Gasteiger charge is 2.18. The molecule has 5 heteroatoms. The van der Waals surface area contributed by atoms with Gasteiger partial charge in [0.1, 0.15) is 22.3 Å². The highest BCUT2D eigenvalue weighted by Crippen LogP contribution is 2.41. The normalized spacial score (nSPS) is 11.8. The fraction of sp³-hybridized carbons (Fsp3) is 0. The molecular formula is C47H27N3O2. The van der Waals surface area contributed by atoms with Gasteiger partial charge in [-0.05, 0) is 69.1 Å². The van der Waals surface area contributed by atoms with E-state index in [-0.39, 0.29) is 0 Å². The minimum Gasteiger partial charge on any atom is -0.456 e. The molecule has 3 aromatic heterocycles. The van der Waals surface area contributed by atoms with Gasteiger partial charge in [-0.3, -0.25) is 0 Å². The number of rotatable bonds is 4. The highest BCUT2D eigenvalue weighted by atomic mass is 16.3. The summed E-state index contributed by atoms with van der Waals surface area (Å²) in [6.07, 6.45) is 0. The third-order valence-corrected chi connectivity index (χ3v) is 10.1. The molecule has 11 rings (SSSR count). The van der Waals surface area contributed by atoms with Gasteiger partial charge in [-0.1, -0.05) is 127 Å². The molecule has 0 bridgehead atoms. The van der Waals surface area contributed by atoms with Crippen molar-refractivity contribution in [2.24, 2.45) is 0 Å². The number of para-hydroxylation sites is 2. The van der Waals surface area contributed by atoms with Gasteiger partial charge in [0, 0.05) is 38.2 Å². The Morgan fingerprint density at radius 1 is 0.308 bits per heavy atom. The summed E-state index contributed by atoms with van der Waals surface area (Å²) in [5.41, 5.74) is 8.52. The topological polar surface area (TPSA) is 65.0 Å². The Balaban J connectivity index is 1.11. The van der Waals surface area contributed by atoms with E-state index in [2.05, 4.69) is 97.1 Å². The minimum absolute atomic E-state index is 0.609. The molecule has 0 amide bonds. The Labute approximate surface area is 297 Å². The third-order valence-electron chi connectivity index (χ3n) is 10.1. The van der Waals surface area contributed by atoms with Gasteiger partial charge in [0.15, 0.2) is 17.5 Å². The van der Waals surface area contributed by atoms with Gasteiger partial charge in [0.05, 0.1) is 0 Å². The Bertz CT molecular complexity index is 3190. The van der Waals surface area contributed by atoms with E-state index < -0.39 is 0 Å². The molecule has 0 atom stereocenters. The lowest BCUT2D eigenvalue weighted by molar-refractivity contribution is 0.669. The molecule has 0 saturated heterocycles. The summed E-state index contributed by atoms with van der Waals surface area (Å²) < 4.78 is 12.5. The van der Waals surface area contributed by atoms with E-state index in [0.717, 1.165) is 93.2 Å². The predicted octanol–water partition coefficient (Wildman–Crippen LogP) is 12.6. The number of nitrogens with zero attached hydrogens (tertiary/aromatic N) is 3. The lowest BCUT2D eigenvalue weighted by Gasteiger charge is -2.13. The zero-order valence-electron chi connectivity index (χ0n) is 27.7. The van der Waals surface area contributed by atoms with Crippen LogP contribution in [0.2, 0.25) is 0 Å². The molecule has 0 fully saturated rings. The average molecular weight is 666 g/mol. The smallest absolute Gasteiger partial charge is 0.164 e. The van der Waals surface area contributed by atoms with Gasteiger partial charge in [-0.15, -0.1) is 0 Å². The van der Waals surface area contributed by atoms with Crippen LogP contribution < -0.4 is 0 Å². The van der Waals surface area contributed by atoms with Crippen molar-refractivity contribution in [2.45, 2.75) is 0 Å². The molecule has 0 aliphatic carbocycles. The largest absolute Gasteiger partial charge is 0.456 e. The molecule has 5 nitrogen and oxygen atoms in total. The zero-order valence-corrected chi connectivity index (χ0v) is 27.7. The van der Waals surface area contributed by atoms with E-state index in [1.807, 2.05) is 66.7 Å². The second-order valence-electron chi connectivity index (χ2n) is 13.2. The molecule has 0 radical (unpaired) electrons. The molecule has 0 aliphatic rings. The van der Waals surface area contributed by atoms with Crippen LogP contribution in [-0.4, -0.2) is 15.0 Å². The van der Waals surface area contributed by atoms with E-state index >= 15 is 0 Å². The van der Waals surface area contributed by atoms with Crippen molar-refractivity contribution in [1.82, 2.24) is 15.0 Å². The van der Waals surface area contributed by atoms with Crippen molar-refractivity contribution in [1.29, 1.82) is 0 Å². The van der Waals surface area contributed by atoms with Gasteiger partial charge in [-0.2, -0.15) is 0 Å². The predicted molar refractivity (Wildman–Crippen MR) is 211 cm³/mol. The first-order valence-electron chi connectivity index (χ1n) is 17.3. The number of furan rings is 2. The Morgan fingerprint density at radius 3 is 1.75 bits per heavy atom. The van der Waals surface area contributed by atoms with Crippen LogP contribution in [0.1, 0.15) is 0 Å². The van der Waals surface area contributed by atoms with Crippen LogP contribution >= 0.6 is 0 Å². The first-order chi connectivity index (χ1) is 25.7. The number of benzene rings is 8. The van der Waals surface area contributed by atoms with Crippen LogP contribution in [0.25, 0.3) is 111 Å². The van der Waals surface area contributed by atoms with Crippen LogP contribution in [0.5, 0.6) is 0 Å². The van der Waals surface area contributed by atoms with Crippen molar-refractivity contribution in [3.05, 3.63) is 164 Å². The Kier molecular flexibility index (Phi) is 6.18. The maximum absolute atomic E-state index is 6.26. The lowest BCUT2D eigenvalue weighted by atomic mass is 9.93. The Morgan fingerprint density at radius 2 is 0.904 bits per heavy atom. The van der Waals surface area contributed by atoms with Crippen molar-refractivity contribution in [3.63, 3.8) is 0 Å². The summed E-state index contributed by atoms with van der Waals surface area (Å²) in [6, 6.07) is 56.3. The van der Waals surface area contributed by atoms with E-state index in [9.17, 15) is 0 Å². The summed E-state index contributed by atoms with van der Waals surface area (Å²) >= 11 is 0. The molecule has 242 valence electrons. The molecule has 3 heterocycles. The maximum atomic E-state index is 6.26. The minimum atomic E-state index is 0.609. The third kappa shape index (κ3) is 4.46. The van der Waals surface area contributed by atoms with Gasteiger partial charge >= 0.3 is 0 Å². The van der Waals surface area contributed by atoms with Gasteiger partial charge in [0.2, 0.25) is 0 Å². The summed E-state index contributed by atoms with van der Waals surface area (Å²) in [5, 5.41) is 8.80. The van der Waals surface area contributed by atoms with E-state index in [0.29, 0.717) is 17.5 Å². The monoisotopic (exact) mass is 665 g/mol. The number of fused-ring (bicyclic) bond motifs is 8. The van der Waals surface area contributed by atoms with Crippen molar-refractivity contribution in [2.75, 3.05) is 0 Å². The standard InChI is InChI=1S/C47H27N3O2/c1-2-11-28(12-3-1)45-48-46(30-24-23-29-26-39-35-13-4-6-20-40(35)52-43(39)27-31(29)25-30)50-47(49-45)37-19-9-15-32-33(16-8-17-34(32)37)36-18-10-22-42-44(36)38-14-5-7-21-41(38)51-42/h1-27H. The quantitative estimate of drug-likeness (QED) is 0.187. The lowest BCUT2D eigenvalue weighted by Crippen LogP contribution is -2.00. The summed E-state index contributed by atoms with van der Waals surface area (Å²) in [4.78, 5) is 15.3. The summed E-state index contributed by atoms with van der Waals surface area (Å²) in [7, 11) is 0. The second-order valence-corrected chi connectivity index (χ2v) is 13.2. The van der Waals surface area contributed by atoms with Crippen molar-refractivity contribution in [3.8, 4) is 45.3 Å². The fourth-order valence-corrected chi connectivity index (χ4v) is 7.69. The first kappa shape index (κ1) is 28.7. The van der Waals surface area contributed by atoms with E-state index in [1.54, 1.807) is 0 Å². The van der Waals surface area contributed by atoms with E-state index in [4.69, 9.17) is 23.8 Å². The molecule has 0 unspecified atom stereocenters. The fourth-order valence-electron chi connectivity index (χ4n) is 7.69. The molecule has 0 aliphatic heterocycles. The summed E-state index contributed by atoms with van der Waals surface area (Å²) in [5.74, 6) is 1.85. The average Bonchev–Trinajstić information content (AvgIpc) is 3.77. The number of aromatic nitrogens is 3.